The van der Waals surface area contributed by atoms with E-state index in [4.69, 9.17) is 0 Å². The highest BCUT2D eigenvalue weighted by atomic mass is 16.3. The number of carbonyl (C=O) groups excluding carboxylic acids is 1. The maximum absolute atomic E-state index is 12.2. The first-order chi connectivity index (χ1) is 10.9. The van der Waals surface area contributed by atoms with E-state index in [1.165, 1.54) is 25.7 Å². The highest BCUT2D eigenvalue weighted by Gasteiger charge is 2.59. The number of hydrogen-bond acceptors (Lipinski definition) is 2. The lowest BCUT2D eigenvalue weighted by Crippen LogP contribution is -2.50. The largest absolute Gasteiger partial charge is 0.393 e. The summed E-state index contributed by atoms with van der Waals surface area (Å²) in [6.45, 7) is 6.70. The summed E-state index contributed by atoms with van der Waals surface area (Å²) < 4.78 is 0. The van der Waals surface area contributed by atoms with Crippen molar-refractivity contribution in [1.29, 1.82) is 0 Å². The van der Waals surface area contributed by atoms with Gasteiger partial charge in [-0.3, -0.25) is 4.79 Å². The van der Waals surface area contributed by atoms with Gasteiger partial charge in [0.15, 0.2) is 0 Å². The van der Waals surface area contributed by atoms with Gasteiger partial charge in [0.05, 0.1) is 6.10 Å². The molecular weight excluding hydrogens is 284 g/mol. The highest BCUT2D eigenvalue weighted by molar-refractivity contribution is 5.79. The summed E-state index contributed by atoms with van der Waals surface area (Å²) in [5.41, 5.74) is 2.11. The van der Waals surface area contributed by atoms with Crippen LogP contribution in [0.15, 0.2) is 11.6 Å². The van der Waals surface area contributed by atoms with E-state index in [9.17, 15) is 9.90 Å². The topological polar surface area (TPSA) is 37.3 Å². The molecule has 0 aromatic heterocycles. The van der Waals surface area contributed by atoms with Crippen LogP contribution >= 0.6 is 0 Å². The monoisotopic (exact) mass is 316 g/mol. The smallest absolute Gasteiger partial charge is 0.133 e. The van der Waals surface area contributed by atoms with Crippen LogP contribution in [0.5, 0.6) is 0 Å². The van der Waals surface area contributed by atoms with Crippen molar-refractivity contribution in [3.63, 3.8) is 0 Å². The van der Waals surface area contributed by atoms with Gasteiger partial charge in [-0.1, -0.05) is 25.5 Å². The summed E-state index contributed by atoms with van der Waals surface area (Å²) in [4.78, 5) is 12.2. The number of Topliss-reactive ketones (excluding diaryl/α,β-unsaturated/α-hetero) is 1. The molecule has 4 aliphatic carbocycles. The van der Waals surface area contributed by atoms with Gasteiger partial charge < -0.3 is 5.11 Å². The molecule has 0 spiro atoms. The Hall–Kier alpha value is -0.630. The van der Waals surface area contributed by atoms with E-state index in [1.54, 1.807) is 5.57 Å². The predicted molar refractivity (Wildman–Crippen MR) is 91.9 cm³/mol. The zero-order valence-electron chi connectivity index (χ0n) is 15.0. The van der Waals surface area contributed by atoms with Crippen molar-refractivity contribution >= 4 is 5.78 Å². The molecule has 2 heteroatoms. The SMILES string of the molecule is CC(=O)[C@H]1CCC2C3CC=C4C[C@H](O)CC[C@]4(C)C3CC[C@@]21C. The maximum Gasteiger partial charge on any atom is 0.133 e. The minimum atomic E-state index is -0.117. The molecule has 0 amide bonds. The molecule has 128 valence electrons. The van der Waals surface area contributed by atoms with E-state index in [0.717, 1.165) is 43.4 Å². The number of carbonyl (C=O) groups is 1. The summed E-state index contributed by atoms with van der Waals surface area (Å²) in [6, 6.07) is 0. The number of rotatable bonds is 1. The van der Waals surface area contributed by atoms with E-state index >= 15 is 0 Å². The summed E-state index contributed by atoms with van der Waals surface area (Å²) in [6.07, 6.45) is 11.5. The van der Waals surface area contributed by atoms with Gasteiger partial charge in [0.25, 0.3) is 0 Å². The van der Waals surface area contributed by atoms with Crippen molar-refractivity contribution in [1.82, 2.24) is 0 Å². The van der Waals surface area contributed by atoms with E-state index in [1.807, 2.05) is 6.92 Å². The molecular formula is C21H32O2. The van der Waals surface area contributed by atoms with Gasteiger partial charge in [-0.25, -0.2) is 0 Å². The summed E-state index contributed by atoms with van der Waals surface area (Å²) in [7, 11) is 0. The minimum Gasteiger partial charge on any atom is -0.393 e. The number of fused-ring (bicyclic) bond motifs is 5. The highest BCUT2D eigenvalue weighted by Crippen LogP contribution is 2.66. The molecule has 3 unspecified atom stereocenters. The number of allylic oxidation sites excluding steroid dienone is 1. The molecule has 0 aromatic rings. The Bertz CT molecular complexity index is 550. The number of hydrogen-bond donors (Lipinski definition) is 1. The lowest BCUT2D eigenvalue weighted by molar-refractivity contribution is -0.127. The fourth-order valence-electron chi connectivity index (χ4n) is 7.31. The average Bonchev–Trinajstić information content (AvgIpc) is 2.85. The van der Waals surface area contributed by atoms with Crippen LogP contribution in [0.25, 0.3) is 0 Å². The van der Waals surface area contributed by atoms with Crippen molar-refractivity contribution in [3.05, 3.63) is 11.6 Å². The van der Waals surface area contributed by atoms with Crippen LogP contribution in [-0.4, -0.2) is 17.0 Å². The van der Waals surface area contributed by atoms with Crippen molar-refractivity contribution in [2.75, 3.05) is 0 Å². The summed E-state index contributed by atoms with van der Waals surface area (Å²) >= 11 is 0. The second-order valence-corrected chi connectivity index (χ2v) is 9.44. The molecule has 0 bridgehead atoms. The molecule has 23 heavy (non-hydrogen) atoms. The molecule has 3 saturated carbocycles. The van der Waals surface area contributed by atoms with Gasteiger partial charge in [-0.2, -0.15) is 0 Å². The van der Waals surface area contributed by atoms with Crippen molar-refractivity contribution in [3.8, 4) is 0 Å². The van der Waals surface area contributed by atoms with Gasteiger partial charge in [-0.15, -0.1) is 0 Å². The molecule has 4 rings (SSSR count). The number of aliphatic hydroxyl groups excluding tert-OH is 1. The van der Waals surface area contributed by atoms with Gasteiger partial charge >= 0.3 is 0 Å². The number of ketones is 1. The summed E-state index contributed by atoms with van der Waals surface area (Å²) in [5, 5.41) is 10.1. The van der Waals surface area contributed by atoms with Crippen LogP contribution < -0.4 is 0 Å². The summed E-state index contributed by atoms with van der Waals surface area (Å²) in [5.74, 6) is 3.00. The third kappa shape index (κ3) is 2.13. The molecule has 0 heterocycles. The number of aliphatic hydroxyl groups is 1. The van der Waals surface area contributed by atoms with Crippen molar-refractivity contribution in [2.45, 2.75) is 78.2 Å². The molecule has 0 aromatic carbocycles. The molecule has 0 aliphatic heterocycles. The Kier molecular flexibility index (Phi) is 3.58. The van der Waals surface area contributed by atoms with Crippen LogP contribution in [0.2, 0.25) is 0 Å². The van der Waals surface area contributed by atoms with E-state index in [-0.39, 0.29) is 11.5 Å². The predicted octanol–water partition coefficient (Wildman–Crippen LogP) is 4.52. The van der Waals surface area contributed by atoms with Crippen molar-refractivity contribution < 1.29 is 9.90 Å². The molecule has 2 nitrogen and oxygen atoms in total. The van der Waals surface area contributed by atoms with Crippen LogP contribution in [0.1, 0.15) is 72.1 Å². The van der Waals surface area contributed by atoms with Crippen LogP contribution in [0.3, 0.4) is 0 Å². The quantitative estimate of drug-likeness (QED) is 0.722. The normalized spacial score (nSPS) is 52.2. The lowest BCUT2D eigenvalue weighted by atomic mass is 9.47. The molecule has 0 radical (unpaired) electrons. The molecule has 7 atom stereocenters. The van der Waals surface area contributed by atoms with Crippen LogP contribution in [0, 0.1) is 34.5 Å². The molecule has 0 saturated heterocycles. The Balaban J connectivity index is 1.66. The molecule has 1 N–H and O–H groups in total. The van der Waals surface area contributed by atoms with Gasteiger partial charge in [0.1, 0.15) is 5.78 Å². The zero-order chi connectivity index (χ0) is 16.4. The fraction of sp³-hybridized carbons (Fsp3) is 0.857. The standard InChI is InChI=1S/C21H32O2/c1-13(22)17-6-7-18-16-5-4-14-12-15(23)8-10-20(14,2)19(16)9-11-21(17,18)3/h4,15-19,23H,5-12H2,1-3H3/t15-,16?,17-,18?,19?,20+,21-/m1/s1. The Morgan fingerprint density at radius 1 is 1.13 bits per heavy atom. The zero-order valence-corrected chi connectivity index (χ0v) is 15.0. The van der Waals surface area contributed by atoms with Crippen LogP contribution in [0.4, 0.5) is 0 Å². The minimum absolute atomic E-state index is 0.117. The second-order valence-electron chi connectivity index (χ2n) is 9.44. The molecule has 4 aliphatic rings. The van der Waals surface area contributed by atoms with Gasteiger partial charge in [0, 0.05) is 5.92 Å². The van der Waals surface area contributed by atoms with E-state index in [2.05, 4.69) is 19.9 Å². The first kappa shape index (κ1) is 15.9. The molecule has 3 fully saturated rings. The van der Waals surface area contributed by atoms with Gasteiger partial charge in [-0.05, 0) is 86.9 Å². The fourth-order valence-corrected chi connectivity index (χ4v) is 7.31. The Morgan fingerprint density at radius 2 is 1.91 bits per heavy atom. The van der Waals surface area contributed by atoms with E-state index in [0.29, 0.717) is 17.1 Å². The first-order valence-electron chi connectivity index (χ1n) is 9.74. The maximum atomic E-state index is 12.2. The Morgan fingerprint density at radius 3 is 2.65 bits per heavy atom. The third-order valence-electron chi connectivity index (χ3n) is 8.57. The second kappa shape index (κ2) is 5.18. The average molecular weight is 316 g/mol. The first-order valence-corrected chi connectivity index (χ1v) is 9.74. The van der Waals surface area contributed by atoms with E-state index < -0.39 is 0 Å². The lowest BCUT2D eigenvalue weighted by Gasteiger charge is -2.57. The third-order valence-corrected chi connectivity index (χ3v) is 8.57. The Labute approximate surface area is 140 Å². The van der Waals surface area contributed by atoms with Crippen molar-refractivity contribution in [2.24, 2.45) is 34.5 Å². The van der Waals surface area contributed by atoms with Crippen LogP contribution in [-0.2, 0) is 4.79 Å². The van der Waals surface area contributed by atoms with Gasteiger partial charge in [0.2, 0.25) is 0 Å².